The van der Waals surface area contributed by atoms with Crippen LogP contribution in [0, 0.1) is 5.92 Å². The maximum absolute atomic E-state index is 11.5. The quantitative estimate of drug-likeness (QED) is 0.657. The highest BCUT2D eigenvalue weighted by atomic mass is 16.5. The van der Waals surface area contributed by atoms with Gasteiger partial charge < -0.3 is 21.1 Å². The van der Waals surface area contributed by atoms with Crippen molar-refractivity contribution in [1.82, 2.24) is 10.6 Å². The summed E-state index contributed by atoms with van der Waals surface area (Å²) >= 11 is 0. The summed E-state index contributed by atoms with van der Waals surface area (Å²) in [6, 6.07) is -0.185. The molecule has 0 aromatic carbocycles. The lowest BCUT2D eigenvalue weighted by molar-refractivity contribution is 0.180. The Bertz CT molecular complexity index is 232. The van der Waals surface area contributed by atoms with E-state index in [4.69, 9.17) is 10.5 Å². The van der Waals surface area contributed by atoms with Gasteiger partial charge in [-0.25, -0.2) is 4.79 Å². The maximum Gasteiger partial charge on any atom is 0.315 e. The third-order valence-electron chi connectivity index (χ3n) is 2.56. The lowest BCUT2D eigenvalue weighted by Gasteiger charge is -2.23. The van der Waals surface area contributed by atoms with Crippen molar-refractivity contribution >= 4 is 6.03 Å². The zero-order chi connectivity index (χ0) is 12.2. The SMILES string of the molecule is CC(C)(C)NC(=O)NCC(N)C1CCOC1. The third kappa shape index (κ3) is 4.81. The lowest BCUT2D eigenvalue weighted by Crippen LogP contribution is -2.50. The average molecular weight is 229 g/mol. The minimum atomic E-state index is -0.218. The second kappa shape index (κ2) is 5.50. The number of nitrogens with one attached hydrogen (secondary N) is 2. The number of rotatable bonds is 3. The van der Waals surface area contributed by atoms with Crippen molar-refractivity contribution in [2.75, 3.05) is 19.8 Å². The Morgan fingerprint density at radius 1 is 1.56 bits per heavy atom. The van der Waals surface area contributed by atoms with Gasteiger partial charge in [0.2, 0.25) is 0 Å². The van der Waals surface area contributed by atoms with E-state index in [9.17, 15) is 4.79 Å². The number of nitrogens with two attached hydrogens (primary N) is 1. The van der Waals surface area contributed by atoms with Crippen LogP contribution in [0.3, 0.4) is 0 Å². The van der Waals surface area contributed by atoms with E-state index >= 15 is 0 Å². The molecule has 16 heavy (non-hydrogen) atoms. The highest BCUT2D eigenvalue weighted by molar-refractivity contribution is 5.74. The van der Waals surface area contributed by atoms with E-state index in [1.807, 2.05) is 20.8 Å². The predicted octanol–water partition coefficient (Wildman–Crippen LogP) is 0.448. The Morgan fingerprint density at radius 3 is 2.75 bits per heavy atom. The largest absolute Gasteiger partial charge is 0.381 e. The Labute approximate surface area is 97.1 Å². The molecule has 2 amide bonds. The standard InChI is InChI=1S/C11H23N3O2/c1-11(2,3)14-10(15)13-6-9(12)8-4-5-16-7-8/h8-9H,4-7,12H2,1-3H3,(H2,13,14,15). The summed E-state index contributed by atoms with van der Waals surface area (Å²) in [6.07, 6.45) is 0.990. The summed E-state index contributed by atoms with van der Waals surface area (Å²) in [5, 5.41) is 5.61. The minimum Gasteiger partial charge on any atom is -0.381 e. The number of urea groups is 1. The molecular weight excluding hydrogens is 206 g/mol. The summed E-state index contributed by atoms with van der Waals surface area (Å²) in [5.74, 6) is 0.370. The molecule has 4 N–H and O–H groups in total. The number of ether oxygens (including phenoxy) is 1. The first-order valence-corrected chi connectivity index (χ1v) is 5.78. The summed E-state index contributed by atoms with van der Waals surface area (Å²) in [5.41, 5.74) is 5.75. The van der Waals surface area contributed by atoms with E-state index in [2.05, 4.69) is 10.6 Å². The Balaban J connectivity index is 2.20. The van der Waals surface area contributed by atoms with E-state index in [0.717, 1.165) is 13.0 Å². The van der Waals surface area contributed by atoms with Gasteiger partial charge in [0, 0.05) is 30.7 Å². The number of hydrogen-bond acceptors (Lipinski definition) is 3. The molecule has 0 aromatic rings. The van der Waals surface area contributed by atoms with Crippen molar-refractivity contribution in [3.63, 3.8) is 0 Å². The zero-order valence-electron chi connectivity index (χ0n) is 10.4. The minimum absolute atomic E-state index is 0.0202. The van der Waals surface area contributed by atoms with E-state index in [1.165, 1.54) is 0 Å². The molecule has 2 unspecified atom stereocenters. The van der Waals surface area contributed by atoms with Crippen molar-refractivity contribution in [3.8, 4) is 0 Å². The van der Waals surface area contributed by atoms with Crippen molar-refractivity contribution in [3.05, 3.63) is 0 Å². The number of carbonyl (C=O) groups is 1. The van der Waals surface area contributed by atoms with Gasteiger partial charge in [0.05, 0.1) is 6.61 Å². The molecule has 0 aromatic heterocycles. The molecule has 5 heteroatoms. The van der Waals surface area contributed by atoms with Crippen LogP contribution in [-0.4, -0.2) is 37.4 Å². The summed E-state index contributed by atoms with van der Waals surface area (Å²) in [6.45, 7) is 7.82. The maximum atomic E-state index is 11.5. The Kier molecular flexibility index (Phi) is 4.56. The second-order valence-corrected chi connectivity index (χ2v) is 5.37. The summed E-state index contributed by atoms with van der Waals surface area (Å²) in [7, 11) is 0. The van der Waals surface area contributed by atoms with Crippen molar-refractivity contribution in [2.45, 2.75) is 38.8 Å². The van der Waals surface area contributed by atoms with Crippen molar-refractivity contribution < 1.29 is 9.53 Å². The fourth-order valence-corrected chi connectivity index (χ4v) is 1.65. The van der Waals surface area contributed by atoms with Crippen molar-refractivity contribution in [1.29, 1.82) is 0 Å². The molecule has 94 valence electrons. The van der Waals surface area contributed by atoms with Gasteiger partial charge in [0.1, 0.15) is 0 Å². The number of hydrogen-bond donors (Lipinski definition) is 3. The van der Waals surface area contributed by atoms with E-state index in [1.54, 1.807) is 0 Å². The molecule has 0 saturated carbocycles. The summed E-state index contributed by atoms with van der Waals surface area (Å²) in [4.78, 5) is 11.5. The monoisotopic (exact) mass is 229 g/mol. The van der Waals surface area contributed by atoms with Gasteiger partial charge in [-0.05, 0) is 27.2 Å². The number of amides is 2. The van der Waals surface area contributed by atoms with Gasteiger partial charge in [-0.2, -0.15) is 0 Å². The molecule has 5 nitrogen and oxygen atoms in total. The summed E-state index contributed by atoms with van der Waals surface area (Å²) < 4.78 is 5.26. The Hall–Kier alpha value is -0.810. The topological polar surface area (TPSA) is 76.4 Å². The lowest BCUT2D eigenvalue weighted by atomic mass is 10.0. The van der Waals surface area contributed by atoms with Crippen LogP contribution in [0.25, 0.3) is 0 Å². The first-order chi connectivity index (χ1) is 7.38. The molecule has 0 radical (unpaired) electrons. The van der Waals surface area contributed by atoms with Crippen LogP contribution in [0.5, 0.6) is 0 Å². The molecule has 1 rings (SSSR count). The fraction of sp³-hybridized carbons (Fsp3) is 0.909. The zero-order valence-corrected chi connectivity index (χ0v) is 10.4. The van der Waals surface area contributed by atoms with Crippen LogP contribution in [0.1, 0.15) is 27.2 Å². The molecule has 1 saturated heterocycles. The van der Waals surface area contributed by atoms with Crippen LogP contribution < -0.4 is 16.4 Å². The molecule has 0 spiro atoms. The van der Waals surface area contributed by atoms with Crippen molar-refractivity contribution in [2.24, 2.45) is 11.7 Å². The van der Waals surface area contributed by atoms with E-state index in [-0.39, 0.29) is 17.6 Å². The smallest absolute Gasteiger partial charge is 0.315 e. The second-order valence-electron chi connectivity index (χ2n) is 5.37. The fourth-order valence-electron chi connectivity index (χ4n) is 1.65. The molecule has 1 heterocycles. The number of carbonyl (C=O) groups excluding carboxylic acids is 1. The first kappa shape index (κ1) is 13.3. The van der Waals surface area contributed by atoms with Gasteiger partial charge in [-0.15, -0.1) is 0 Å². The van der Waals surface area contributed by atoms with E-state index < -0.39 is 0 Å². The third-order valence-corrected chi connectivity index (χ3v) is 2.56. The highest BCUT2D eigenvalue weighted by Crippen LogP contribution is 2.14. The van der Waals surface area contributed by atoms with Crippen LogP contribution in [0.15, 0.2) is 0 Å². The van der Waals surface area contributed by atoms with Crippen LogP contribution in [0.4, 0.5) is 4.79 Å². The molecular formula is C11H23N3O2. The van der Waals surface area contributed by atoms with Crippen LogP contribution in [-0.2, 0) is 4.74 Å². The molecule has 1 fully saturated rings. The molecule has 1 aliphatic heterocycles. The van der Waals surface area contributed by atoms with Crippen LogP contribution >= 0.6 is 0 Å². The molecule has 0 bridgehead atoms. The van der Waals surface area contributed by atoms with Gasteiger partial charge in [-0.1, -0.05) is 0 Å². The average Bonchev–Trinajstić information content (AvgIpc) is 2.64. The Morgan fingerprint density at radius 2 is 2.25 bits per heavy atom. The van der Waals surface area contributed by atoms with Gasteiger partial charge >= 0.3 is 6.03 Å². The van der Waals surface area contributed by atoms with Gasteiger partial charge in [0.15, 0.2) is 0 Å². The first-order valence-electron chi connectivity index (χ1n) is 5.78. The highest BCUT2D eigenvalue weighted by Gasteiger charge is 2.23. The molecule has 1 aliphatic rings. The molecule has 2 atom stereocenters. The van der Waals surface area contributed by atoms with E-state index in [0.29, 0.717) is 19.1 Å². The predicted molar refractivity (Wildman–Crippen MR) is 63.2 cm³/mol. The molecule has 0 aliphatic carbocycles. The van der Waals surface area contributed by atoms with Crippen LogP contribution in [0.2, 0.25) is 0 Å². The van der Waals surface area contributed by atoms with Gasteiger partial charge in [-0.3, -0.25) is 0 Å². The van der Waals surface area contributed by atoms with Gasteiger partial charge in [0.25, 0.3) is 0 Å². The normalized spacial score (nSPS) is 22.9.